The molecule has 3 aromatic rings. The maximum atomic E-state index is 14.6. The van der Waals surface area contributed by atoms with E-state index >= 15 is 0 Å². The van der Waals surface area contributed by atoms with Crippen molar-refractivity contribution in [2.75, 3.05) is 49.8 Å². The second-order valence-corrected chi connectivity index (χ2v) is 10.1. The van der Waals surface area contributed by atoms with E-state index in [0.717, 1.165) is 5.56 Å². The molecule has 0 spiro atoms. The van der Waals surface area contributed by atoms with E-state index in [1.807, 2.05) is 4.90 Å². The zero-order valence-electron chi connectivity index (χ0n) is 19.0. The first-order valence-electron chi connectivity index (χ1n) is 10.5. The Kier molecular flexibility index (Phi) is 6.28. The van der Waals surface area contributed by atoms with E-state index in [4.69, 9.17) is 10.5 Å². The number of aromatic nitrogens is 2. The molecule has 4 rings (SSSR count). The van der Waals surface area contributed by atoms with Gasteiger partial charge in [0.2, 0.25) is 10.0 Å². The van der Waals surface area contributed by atoms with E-state index in [1.54, 1.807) is 31.2 Å². The summed E-state index contributed by atoms with van der Waals surface area (Å²) < 4.78 is 45.3. The van der Waals surface area contributed by atoms with Gasteiger partial charge in [-0.15, -0.1) is 10.2 Å². The van der Waals surface area contributed by atoms with Crippen molar-refractivity contribution in [3.05, 3.63) is 47.4 Å². The van der Waals surface area contributed by atoms with Gasteiger partial charge in [0.05, 0.1) is 35.9 Å². The smallest absolute Gasteiger partial charge is 0.271 e. The van der Waals surface area contributed by atoms with Crippen LogP contribution >= 0.6 is 0 Å². The lowest BCUT2D eigenvalue weighted by Gasteiger charge is -2.35. The van der Waals surface area contributed by atoms with Crippen LogP contribution < -0.4 is 20.7 Å². The Morgan fingerprint density at radius 1 is 1.15 bits per heavy atom. The molecule has 1 aliphatic rings. The van der Waals surface area contributed by atoms with Gasteiger partial charge >= 0.3 is 0 Å². The Bertz CT molecular complexity index is 1370. The number of nitrogens with zero attached hydrogens (tertiary/aromatic N) is 4. The van der Waals surface area contributed by atoms with Crippen molar-refractivity contribution < 1.29 is 22.3 Å². The molecule has 0 saturated carbocycles. The number of halogens is 1. The van der Waals surface area contributed by atoms with Crippen LogP contribution in [-0.2, 0) is 10.0 Å². The molecule has 12 heteroatoms. The largest absolute Gasteiger partial charge is 0.495 e. The minimum Gasteiger partial charge on any atom is -0.495 e. The number of anilines is 3. The van der Waals surface area contributed by atoms with E-state index in [9.17, 15) is 17.6 Å². The van der Waals surface area contributed by atoms with E-state index in [2.05, 4.69) is 15.5 Å². The molecule has 0 unspecified atom stereocenters. The average Bonchev–Trinajstić information content (AvgIpc) is 2.79. The lowest BCUT2D eigenvalue weighted by Crippen LogP contribution is -2.48. The number of carbonyl (C=O) groups excluding carboxylic acids is 1. The molecule has 3 N–H and O–H groups in total. The second-order valence-electron chi connectivity index (χ2n) is 8.09. The summed E-state index contributed by atoms with van der Waals surface area (Å²) >= 11 is 0. The number of aryl methyl sites for hydroxylation is 1. The van der Waals surface area contributed by atoms with Gasteiger partial charge in [-0.3, -0.25) is 4.79 Å². The molecule has 0 aliphatic carbocycles. The fourth-order valence-corrected chi connectivity index (χ4v) is 4.78. The predicted octanol–water partition coefficient (Wildman–Crippen LogP) is 2.01. The molecule has 0 radical (unpaired) electrons. The molecule has 1 aromatic heterocycles. The fraction of sp³-hybridized carbons (Fsp3) is 0.318. The normalized spacial score (nSPS) is 14.9. The first-order chi connectivity index (χ1) is 16.1. The van der Waals surface area contributed by atoms with Crippen molar-refractivity contribution in [2.24, 2.45) is 5.73 Å². The highest BCUT2D eigenvalue weighted by molar-refractivity contribution is 7.88. The molecule has 2 heterocycles. The van der Waals surface area contributed by atoms with Crippen LogP contribution in [0.3, 0.4) is 0 Å². The predicted molar refractivity (Wildman–Crippen MR) is 128 cm³/mol. The molecule has 10 nitrogen and oxygen atoms in total. The van der Waals surface area contributed by atoms with Crippen LogP contribution in [0.2, 0.25) is 0 Å². The van der Waals surface area contributed by atoms with Crippen LogP contribution in [0.5, 0.6) is 5.75 Å². The van der Waals surface area contributed by atoms with Crippen molar-refractivity contribution in [3.8, 4) is 5.75 Å². The number of piperazine rings is 1. The van der Waals surface area contributed by atoms with Gasteiger partial charge in [0.15, 0.2) is 5.69 Å². The van der Waals surface area contributed by atoms with Gasteiger partial charge in [-0.25, -0.2) is 12.8 Å². The average molecular weight is 489 g/mol. The number of nitrogens with one attached hydrogen (secondary N) is 1. The summed E-state index contributed by atoms with van der Waals surface area (Å²) in [7, 11) is -1.77. The van der Waals surface area contributed by atoms with Crippen molar-refractivity contribution in [1.82, 2.24) is 14.5 Å². The zero-order valence-corrected chi connectivity index (χ0v) is 19.8. The third-order valence-corrected chi connectivity index (χ3v) is 7.03. The van der Waals surface area contributed by atoms with Gasteiger partial charge in [-0.1, -0.05) is 6.07 Å². The van der Waals surface area contributed by atoms with Gasteiger partial charge in [-0.05, 0) is 30.7 Å². The third kappa shape index (κ3) is 4.59. The van der Waals surface area contributed by atoms with Crippen molar-refractivity contribution in [3.63, 3.8) is 0 Å². The highest BCUT2D eigenvalue weighted by Gasteiger charge is 2.26. The number of amides is 1. The van der Waals surface area contributed by atoms with Crippen molar-refractivity contribution in [1.29, 1.82) is 0 Å². The first-order valence-corrected chi connectivity index (χ1v) is 12.3. The minimum absolute atomic E-state index is 0.134. The zero-order chi connectivity index (χ0) is 24.6. The summed E-state index contributed by atoms with van der Waals surface area (Å²) in [5, 5.41) is 11.5. The van der Waals surface area contributed by atoms with E-state index in [-0.39, 0.29) is 17.1 Å². The summed E-state index contributed by atoms with van der Waals surface area (Å²) in [4.78, 5) is 14.1. The van der Waals surface area contributed by atoms with E-state index in [1.165, 1.54) is 23.7 Å². The number of hydrogen-bond donors (Lipinski definition) is 2. The lowest BCUT2D eigenvalue weighted by molar-refractivity contribution is 0.0995. The number of hydrogen-bond acceptors (Lipinski definition) is 8. The fourth-order valence-electron chi connectivity index (χ4n) is 3.95. The number of benzene rings is 2. The molecule has 1 fully saturated rings. The Morgan fingerprint density at radius 2 is 1.85 bits per heavy atom. The number of methoxy groups -OCH3 is 1. The molecule has 1 amide bonds. The van der Waals surface area contributed by atoms with Crippen LogP contribution in [-0.4, -0.2) is 68.4 Å². The summed E-state index contributed by atoms with van der Waals surface area (Å²) in [6, 6.07) is 8.11. The number of ether oxygens (including phenoxy) is 1. The van der Waals surface area contributed by atoms with Gasteiger partial charge in [0.1, 0.15) is 11.6 Å². The molecular formula is C22H25FN6O4S. The minimum atomic E-state index is -3.29. The monoisotopic (exact) mass is 488 g/mol. The number of rotatable bonds is 6. The maximum Gasteiger partial charge on any atom is 0.271 e. The Morgan fingerprint density at radius 3 is 2.44 bits per heavy atom. The third-order valence-electron chi connectivity index (χ3n) is 5.73. The standard InChI is InChI=1S/C22H25FN6O4S/c1-13-4-5-16(15(23)10-13)25-20-14-11-18(28-6-8-29(9-7-28)34(3,31)32)19(33-2)12-17(14)26-27-21(20)22(24)30/h4-5,10-12H,6-9H2,1-3H3,(H2,24,30)(H,25,26). The second kappa shape index (κ2) is 9.03. The highest BCUT2D eigenvalue weighted by Crippen LogP contribution is 2.38. The molecule has 180 valence electrons. The van der Waals surface area contributed by atoms with Gasteiger partial charge in [-0.2, -0.15) is 4.31 Å². The van der Waals surface area contributed by atoms with Crippen LogP contribution in [0.1, 0.15) is 16.1 Å². The Balaban J connectivity index is 1.82. The number of primary amides is 1. The first kappa shape index (κ1) is 23.6. The molecule has 0 bridgehead atoms. The van der Waals surface area contributed by atoms with Crippen LogP contribution in [0, 0.1) is 12.7 Å². The number of nitrogens with two attached hydrogens (primary N) is 1. The summed E-state index contributed by atoms with van der Waals surface area (Å²) in [6.07, 6.45) is 1.19. The quantitative estimate of drug-likeness (QED) is 0.539. The molecule has 1 saturated heterocycles. The van der Waals surface area contributed by atoms with Gasteiger partial charge < -0.3 is 20.7 Å². The maximum absolute atomic E-state index is 14.6. The highest BCUT2D eigenvalue weighted by atomic mass is 32.2. The molecule has 0 atom stereocenters. The Labute approximate surface area is 196 Å². The van der Waals surface area contributed by atoms with Crippen LogP contribution in [0.25, 0.3) is 10.9 Å². The van der Waals surface area contributed by atoms with Crippen molar-refractivity contribution >= 4 is 43.9 Å². The number of sulfonamides is 1. The van der Waals surface area contributed by atoms with Crippen LogP contribution in [0.15, 0.2) is 30.3 Å². The summed E-state index contributed by atoms with van der Waals surface area (Å²) in [6.45, 7) is 3.28. The molecule has 34 heavy (non-hydrogen) atoms. The SMILES string of the molecule is COc1cc2nnc(C(N)=O)c(Nc3ccc(C)cc3F)c2cc1N1CCN(S(C)(=O)=O)CC1. The van der Waals surface area contributed by atoms with Crippen LogP contribution in [0.4, 0.5) is 21.5 Å². The number of fused-ring (bicyclic) bond motifs is 1. The summed E-state index contributed by atoms with van der Waals surface area (Å²) in [5.41, 5.74) is 7.62. The summed E-state index contributed by atoms with van der Waals surface area (Å²) in [5.74, 6) is -0.802. The van der Waals surface area contributed by atoms with Gasteiger partial charge in [0, 0.05) is 37.6 Å². The molecule has 2 aromatic carbocycles. The topological polar surface area (TPSA) is 131 Å². The van der Waals surface area contributed by atoms with E-state index < -0.39 is 21.7 Å². The van der Waals surface area contributed by atoms with Gasteiger partial charge in [0.25, 0.3) is 5.91 Å². The molecule has 1 aliphatic heterocycles. The Hall–Kier alpha value is -3.51. The number of carbonyl (C=O) groups is 1. The van der Waals surface area contributed by atoms with E-state index in [0.29, 0.717) is 48.5 Å². The van der Waals surface area contributed by atoms with Crippen molar-refractivity contribution in [2.45, 2.75) is 6.92 Å². The molecular weight excluding hydrogens is 463 g/mol. The lowest BCUT2D eigenvalue weighted by atomic mass is 10.1.